The second-order valence-electron chi connectivity index (χ2n) is 6.21. The molecule has 1 amide bonds. The quantitative estimate of drug-likeness (QED) is 0.687. The number of hydrogen-bond donors (Lipinski definition) is 0. The molecule has 25 heavy (non-hydrogen) atoms. The summed E-state index contributed by atoms with van der Waals surface area (Å²) in [4.78, 5) is 14.5. The van der Waals surface area contributed by atoms with Crippen molar-refractivity contribution in [3.8, 4) is 11.3 Å². The minimum atomic E-state index is 0.0143. The van der Waals surface area contributed by atoms with Gasteiger partial charge >= 0.3 is 0 Å². The van der Waals surface area contributed by atoms with Crippen molar-refractivity contribution >= 4 is 11.6 Å². The number of aryl methyl sites for hydroxylation is 2. The molecule has 0 aliphatic rings. The van der Waals surface area contributed by atoms with E-state index in [2.05, 4.69) is 11.2 Å². The SMILES string of the molecule is CCN(C(=O)Cc1cc(-c2ccccc2)on1)c1cc(C)cc(C)c1. The maximum absolute atomic E-state index is 12.8. The zero-order chi connectivity index (χ0) is 17.8. The van der Waals surface area contributed by atoms with Crippen molar-refractivity contribution in [2.45, 2.75) is 27.2 Å². The predicted molar refractivity (Wildman–Crippen MR) is 99.6 cm³/mol. The van der Waals surface area contributed by atoms with Crippen LogP contribution < -0.4 is 4.90 Å². The molecule has 0 saturated heterocycles. The molecule has 4 heteroatoms. The summed E-state index contributed by atoms with van der Waals surface area (Å²) in [5.41, 5.74) is 4.82. The molecule has 0 radical (unpaired) electrons. The van der Waals surface area contributed by atoms with Crippen LogP contribution in [0.5, 0.6) is 0 Å². The second-order valence-corrected chi connectivity index (χ2v) is 6.21. The average molecular weight is 334 g/mol. The van der Waals surface area contributed by atoms with Crippen LogP contribution in [-0.4, -0.2) is 17.6 Å². The molecule has 0 unspecified atom stereocenters. The minimum absolute atomic E-state index is 0.0143. The lowest BCUT2D eigenvalue weighted by atomic mass is 10.1. The molecule has 0 aliphatic carbocycles. The van der Waals surface area contributed by atoms with Crippen molar-refractivity contribution in [2.75, 3.05) is 11.4 Å². The summed E-state index contributed by atoms with van der Waals surface area (Å²) in [6, 6.07) is 17.8. The maximum Gasteiger partial charge on any atom is 0.233 e. The molecule has 1 heterocycles. The third kappa shape index (κ3) is 3.97. The van der Waals surface area contributed by atoms with Crippen molar-refractivity contribution in [2.24, 2.45) is 0 Å². The molecular formula is C21H22N2O2. The van der Waals surface area contributed by atoms with Crippen LogP contribution in [0, 0.1) is 13.8 Å². The topological polar surface area (TPSA) is 46.3 Å². The lowest BCUT2D eigenvalue weighted by Gasteiger charge is -2.21. The van der Waals surface area contributed by atoms with Crippen molar-refractivity contribution in [3.05, 3.63) is 71.4 Å². The Hall–Kier alpha value is -2.88. The fourth-order valence-electron chi connectivity index (χ4n) is 2.99. The molecule has 0 fully saturated rings. The number of likely N-dealkylation sites (N-methyl/N-ethyl adjacent to an activating group) is 1. The van der Waals surface area contributed by atoms with Crippen LogP contribution in [0.15, 0.2) is 59.1 Å². The van der Waals surface area contributed by atoms with Gasteiger partial charge in [-0.3, -0.25) is 4.79 Å². The van der Waals surface area contributed by atoms with E-state index in [-0.39, 0.29) is 12.3 Å². The van der Waals surface area contributed by atoms with Crippen molar-refractivity contribution < 1.29 is 9.32 Å². The molecule has 0 N–H and O–H groups in total. The maximum atomic E-state index is 12.8. The van der Waals surface area contributed by atoms with Crippen LogP contribution in [-0.2, 0) is 11.2 Å². The molecule has 0 bridgehead atoms. The summed E-state index contributed by atoms with van der Waals surface area (Å²) < 4.78 is 5.39. The smallest absolute Gasteiger partial charge is 0.233 e. The molecule has 2 aromatic carbocycles. The Morgan fingerprint density at radius 1 is 1.04 bits per heavy atom. The van der Waals surface area contributed by atoms with Crippen LogP contribution >= 0.6 is 0 Å². The summed E-state index contributed by atoms with van der Waals surface area (Å²) in [6.45, 7) is 6.68. The number of aromatic nitrogens is 1. The third-order valence-corrected chi connectivity index (χ3v) is 4.09. The van der Waals surface area contributed by atoms with E-state index in [1.165, 1.54) is 0 Å². The van der Waals surface area contributed by atoms with Gasteiger partial charge in [0.1, 0.15) is 0 Å². The highest BCUT2D eigenvalue weighted by Crippen LogP contribution is 2.22. The Morgan fingerprint density at radius 2 is 1.72 bits per heavy atom. The number of hydrogen-bond acceptors (Lipinski definition) is 3. The average Bonchev–Trinajstić information content (AvgIpc) is 3.04. The van der Waals surface area contributed by atoms with Crippen LogP contribution in [0.2, 0.25) is 0 Å². The normalized spacial score (nSPS) is 10.7. The van der Waals surface area contributed by atoms with Crippen LogP contribution in [0.3, 0.4) is 0 Å². The Labute approximate surface area is 148 Å². The summed E-state index contributed by atoms with van der Waals surface area (Å²) in [5, 5.41) is 4.06. The fourth-order valence-corrected chi connectivity index (χ4v) is 2.99. The van der Waals surface area contributed by atoms with Crippen LogP contribution in [0.25, 0.3) is 11.3 Å². The molecule has 128 valence electrons. The highest BCUT2D eigenvalue weighted by Gasteiger charge is 2.17. The lowest BCUT2D eigenvalue weighted by Crippen LogP contribution is -2.32. The number of nitrogens with zero attached hydrogens (tertiary/aromatic N) is 2. The van der Waals surface area contributed by atoms with Crippen LogP contribution in [0.1, 0.15) is 23.7 Å². The first-order valence-electron chi connectivity index (χ1n) is 8.46. The van der Waals surface area contributed by atoms with E-state index in [4.69, 9.17) is 4.52 Å². The highest BCUT2D eigenvalue weighted by atomic mass is 16.5. The van der Waals surface area contributed by atoms with Gasteiger partial charge in [0.25, 0.3) is 0 Å². The van der Waals surface area contributed by atoms with E-state index in [1.54, 1.807) is 4.90 Å². The Morgan fingerprint density at radius 3 is 2.36 bits per heavy atom. The van der Waals surface area contributed by atoms with E-state index in [0.29, 0.717) is 18.0 Å². The molecule has 3 aromatic rings. The molecule has 4 nitrogen and oxygen atoms in total. The van der Waals surface area contributed by atoms with Gasteiger partial charge in [0.15, 0.2) is 5.76 Å². The monoisotopic (exact) mass is 334 g/mol. The number of carbonyl (C=O) groups excluding carboxylic acids is 1. The van der Waals surface area contributed by atoms with Crippen LogP contribution in [0.4, 0.5) is 5.69 Å². The summed E-state index contributed by atoms with van der Waals surface area (Å²) >= 11 is 0. The van der Waals surface area contributed by atoms with Gasteiger partial charge in [-0.1, -0.05) is 41.6 Å². The standard InChI is InChI=1S/C21H22N2O2/c1-4-23(19-11-15(2)10-16(3)12-19)21(24)14-18-13-20(25-22-18)17-8-6-5-7-9-17/h5-13H,4,14H2,1-3H3. The van der Waals surface area contributed by atoms with E-state index in [0.717, 1.165) is 22.4 Å². The van der Waals surface area contributed by atoms with Crippen molar-refractivity contribution in [1.29, 1.82) is 0 Å². The number of rotatable bonds is 5. The zero-order valence-corrected chi connectivity index (χ0v) is 14.8. The summed E-state index contributed by atoms with van der Waals surface area (Å²) in [7, 11) is 0. The van der Waals surface area contributed by atoms with Gasteiger partial charge in [-0.05, 0) is 44.0 Å². The van der Waals surface area contributed by atoms with E-state index < -0.39 is 0 Å². The molecule has 3 rings (SSSR count). The molecule has 0 saturated carbocycles. The van der Waals surface area contributed by atoms with Gasteiger partial charge in [-0.15, -0.1) is 0 Å². The van der Waals surface area contributed by atoms with E-state index >= 15 is 0 Å². The first-order valence-corrected chi connectivity index (χ1v) is 8.46. The largest absolute Gasteiger partial charge is 0.356 e. The van der Waals surface area contributed by atoms with Gasteiger partial charge in [0.05, 0.1) is 12.1 Å². The Bertz CT molecular complexity index is 848. The number of carbonyl (C=O) groups is 1. The zero-order valence-electron chi connectivity index (χ0n) is 14.8. The van der Waals surface area contributed by atoms with E-state index in [9.17, 15) is 4.79 Å². The molecule has 0 spiro atoms. The first-order chi connectivity index (χ1) is 12.1. The highest BCUT2D eigenvalue weighted by molar-refractivity contribution is 5.94. The molecule has 0 atom stereocenters. The van der Waals surface area contributed by atoms with Crippen molar-refractivity contribution in [3.63, 3.8) is 0 Å². The Kier molecular flexibility index (Phi) is 4.98. The molecule has 1 aromatic heterocycles. The lowest BCUT2D eigenvalue weighted by molar-refractivity contribution is -0.118. The first kappa shape index (κ1) is 17.0. The van der Waals surface area contributed by atoms with Gasteiger partial charge in [-0.25, -0.2) is 0 Å². The Balaban J connectivity index is 1.78. The third-order valence-electron chi connectivity index (χ3n) is 4.09. The van der Waals surface area contributed by atoms with Crippen molar-refractivity contribution in [1.82, 2.24) is 5.16 Å². The molecule has 0 aliphatic heterocycles. The summed E-state index contributed by atoms with van der Waals surface area (Å²) in [6.07, 6.45) is 0.219. The summed E-state index contributed by atoms with van der Waals surface area (Å²) in [5.74, 6) is 0.693. The predicted octanol–water partition coefficient (Wildman–Crippen LogP) is 4.55. The van der Waals surface area contributed by atoms with Gasteiger partial charge in [0, 0.05) is 23.9 Å². The molecular weight excluding hydrogens is 312 g/mol. The van der Waals surface area contributed by atoms with Gasteiger partial charge in [0.2, 0.25) is 5.91 Å². The second kappa shape index (κ2) is 7.34. The number of benzene rings is 2. The number of amides is 1. The minimum Gasteiger partial charge on any atom is -0.356 e. The van der Waals surface area contributed by atoms with Gasteiger partial charge in [-0.2, -0.15) is 0 Å². The fraction of sp³-hybridized carbons (Fsp3) is 0.238. The van der Waals surface area contributed by atoms with Gasteiger partial charge < -0.3 is 9.42 Å². The van der Waals surface area contributed by atoms with E-state index in [1.807, 2.05) is 69.3 Å². The number of anilines is 1.